The standard InChI is InChI=1S/C25H39N3O9S/c1-14(29)33-13-20-21(34-15(2)30)22(35-16(3)31)23(36-17(4)32)24(37-20)27-25(38)26-18-9-5-6-10-19(18)28-11-7-8-12-28/h18-24H,5-13H2,1-4H3,(H2,26,27,38). The maximum atomic E-state index is 12.0. The second-order valence-electron chi connectivity index (χ2n) is 9.94. The Hall–Kier alpha value is -2.51. The summed E-state index contributed by atoms with van der Waals surface area (Å²) in [6, 6.07) is 0.494. The van der Waals surface area contributed by atoms with Gasteiger partial charge in [0.25, 0.3) is 0 Å². The van der Waals surface area contributed by atoms with E-state index in [0.29, 0.717) is 6.04 Å². The third-order valence-corrected chi connectivity index (χ3v) is 7.16. The minimum atomic E-state index is -1.25. The van der Waals surface area contributed by atoms with E-state index in [9.17, 15) is 19.2 Å². The molecule has 13 heteroatoms. The van der Waals surface area contributed by atoms with Crippen molar-refractivity contribution in [3.63, 3.8) is 0 Å². The monoisotopic (exact) mass is 557 g/mol. The van der Waals surface area contributed by atoms with E-state index in [0.717, 1.165) is 32.4 Å². The van der Waals surface area contributed by atoms with Crippen LogP contribution in [-0.4, -0.2) is 96.3 Å². The van der Waals surface area contributed by atoms with Crippen LogP contribution in [0.2, 0.25) is 0 Å². The third kappa shape index (κ3) is 8.50. The second kappa shape index (κ2) is 14.0. The molecule has 0 aromatic rings. The van der Waals surface area contributed by atoms with E-state index < -0.39 is 54.5 Å². The zero-order valence-corrected chi connectivity index (χ0v) is 23.3. The van der Waals surface area contributed by atoms with Crippen molar-refractivity contribution in [3.05, 3.63) is 0 Å². The van der Waals surface area contributed by atoms with Crippen molar-refractivity contribution in [2.24, 2.45) is 0 Å². The summed E-state index contributed by atoms with van der Waals surface area (Å²) in [6.07, 6.45) is 0.877. The molecule has 2 N–H and O–H groups in total. The van der Waals surface area contributed by atoms with Gasteiger partial charge in [0.1, 0.15) is 12.7 Å². The Morgan fingerprint density at radius 2 is 1.37 bits per heavy atom. The van der Waals surface area contributed by atoms with Crippen LogP contribution in [0.4, 0.5) is 0 Å². The average Bonchev–Trinajstić information content (AvgIpc) is 3.36. The van der Waals surface area contributed by atoms with Gasteiger partial charge in [-0.05, 0) is 51.0 Å². The Morgan fingerprint density at radius 1 is 0.789 bits per heavy atom. The van der Waals surface area contributed by atoms with Crippen LogP contribution < -0.4 is 10.6 Å². The molecule has 3 fully saturated rings. The lowest BCUT2D eigenvalue weighted by Gasteiger charge is -2.45. The Morgan fingerprint density at radius 3 is 1.97 bits per heavy atom. The van der Waals surface area contributed by atoms with Gasteiger partial charge in [0, 0.05) is 39.8 Å². The minimum Gasteiger partial charge on any atom is -0.463 e. The van der Waals surface area contributed by atoms with E-state index in [2.05, 4.69) is 15.5 Å². The SMILES string of the molecule is CC(=O)OCC1OC(NC(=S)NC2CCCCC2N2CCCC2)C(OC(C)=O)C(OC(C)=O)C1OC(C)=O. The van der Waals surface area contributed by atoms with Crippen LogP contribution in [0.15, 0.2) is 0 Å². The summed E-state index contributed by atoms with van der Waals surface area (Å²) in [5.74, 6) is -2.61. The van der Waals surface area contributed by atoms with Gasteiger partial charge in [0.05, 0.1) is 0 Å². The maximum Gasteiger partial charge on any atom is 0.303 e. The Labute approximate surface area is 228 Å². The normalized spacial score (nSPS) is 31.5. The first-order chi connectivity index (χ1) is 18.0. The summed E-state index contributed by atoms with van der Waals surface area (Å²) < 4.78 is 27.6. The van der Waals surface area contributed by atoms with Crippen molar-refractivity contribution in [3.8, 4) is 0 Å². The highest BCUT2D eigenvalue weighted by molar-refractivity contribution is 7.80. The lowest BCUT2D eigenvalue weighted by molar-refractivity contribution is -0.255. The van der Waals surface area contributed by atoms with Gasteiger partial charge in [-0.15, -0.1) is 0 Å². The largest absolute Gasteiger partial charge is 0.463 e. The molecule has 1 aliphatic carbocycles. The van der Waals surface area contributed by atoms with E-state index in [1.807, 2.05) is 0 Å². The Bertz CT molecular complexity index is 882. The van der Waals surface area contributed by atoms with Gasteiger partial charge in [0.2, 0.25) is 0 Å². The van der Waals surface area contributed by atoms with Crippen LogP contribution in [0.5, 0.6) is 0 Å². The molecule has 214 valence electrons. The first kappa shape index (κ1) is 30.0. The summed E-state index contributed by atoms with van der Waals surface area (Å²) in [5, 5.41) is 6.75. The number of nitrogens with one attached hydrogen (secondary N) is 2. The van der Waals surface area contributed by atoms with E-state index in [4.69, 9.17) is 35.9 Å². The van der Waals surface area contributed by atoms with Gasteiger partial charge in [-0.3, -0.25) is 24.1 Å². The number of ether oxygens (including phenoxy) is 5. The number of hydrogen-bond donors (Lipinski definition) is 2. The van der Waals surface area contributed by atoms with Gasteiger partial charge in [-0.1, -0.05) is 12.8 Å². The zero-order valence-electron chi connectivity index (χ0n) is 22.4. The highest BCUT2D eigenvalue weighted by Crippen LogP contribution is 2.29. The summed E-state index contributed by atoms with van der Waals surface area (Å²) in [4.78, 5) is 50.0. The van der Waals surface area contributed by atoms with Crippen LogP contribution >= 0.6 is 12.2 Å². The summed E-state index contributed by atoms with van der Waals surface area (Å²) in [5.41, 5.74) is 0. The molecule has 2 saturated heterocycles. The highest BCUT2D eigenvalue weighted by Gasteiger charge is 2.52. The number of likely N-dealkylation sites (tertiary alicyclic amines) is 1. The molecule has 0 amide bonds. The van der Waals surface area contributed by atoms with Crippen LogP contribution in [0, 0.1) is 0 Å². The van der Waals surface area contributed by atoms with E-state index in [-0.39, 0.29) is 17.8 Å². The first-order valence-corrected chi connectivity index (χ1v) is 13.6. The molecular weight excluding hydrogens is 518 g/mol. The molecule has 0 aromatic heterocycles. The molecule has 3 aliphatic rings. The zero-order chi connectivity index (χ0) is 27.8. The molecule has 0 bridgehead atoms. The molecular formula is C25H39N3O9S. The first-order valence-electron chi connectivity index (χ1n) is 13.2. The lowest BCUT2D eigenvalue weighted by atomic mass is 9.89. The van der Waals surface area contributed by atoms with Crippen molar-refractivity contribution in [2.45, 2.75) is 109 Å². The van der Waals surface area contributed by atoms with Crippen LogP contribution in [0.25, 0.3) is 0 Å². The number of rotatable bonds is 8. The molecule has 7 unspecified atom stereocenters. The fourth-order valence-corrected chi connectivity index (χ4v) is 5.74. The van der Waals surface area contributed by atoms with E-state index >= 15 is 0 Å². The quantitative estimate of drug-likeness (QED) is 0.249. The number of hydrogen-bond acceptors (Lipinski definition) is 11. The summed E-state index contributed by atoms with van der Waals surface area (Å²) in [6.45, 7) is 6.64. The summed E-state index contributed by atoms with van der Waals surface area (Å²) >= 11 is 5.64. The van der Waals surface area contributed by atoms with Gasteiger partial charge in [-0.2, -0.15) is 0 Å². The number of carbonyl (C=O) groups excluding carboxylic acids is 4. The number of carbonyl (C=O) groups is 4. The fourth-order valence-electron chi connectivity index (χ4n) is 5.47. The predicted molar refractivity (Wildman–Crippen MR) is 138 cm³/mol. The van der Waals surface area contributed by atoms with E-state index in [1.165, 1.54) is 47.0 Å². The fraction of sp³-hybridized carbons (Fsp3) is 0.800. The molecule has 7 atom stereocenters. The van der Waals surface area contributed by atoms with Crippen molar-refractivity contribution in [2.75, 3.05) is 19.7 Å². The average molecular weight is 558 g/mol. The van der Waals surface area contributed by atoms with Crippen LogP contribution in [0.3, 0.4) is 0 Å². The van der Waals surface area contributed by atoms with E-state index in [1.54, 1.807) is 0 Å². The number of nitrogens with zero attached hydrogens (tertiary/aromatic N) is 1. The molecule has 12 nitrogen and oxygen atoms in total. The second-order valence-corrected chi connectivity index (χ2v) is 10.3. The van der Waals surface area contributed by atoms with Crippen molar-refractivity contribution < 1.29 is 42.9 Å². The molecule has 1 saturated carbocycles. The van der Waals surface area contributed by atoms with Crippen LogP contribution in [-0.2, 0) is 42.9 Å². The molecule has 38 heavy (non-hydrogen) atoms. The van der Waals surface area contributed by atoms with Gasteiger partial charge < -0.3 is 34.3 Å². The number of thiocarbonyl (C=S) groups is 1. The van der Waals surface area contributed by atoms with Gasteiger partial charge in [-0.25, -0.2) is 0 Å². The Kier molecular flexibility index (Phi) is 11.1. The molecule has 0 radical (unpaired) electrons. The lowest BCUT2D eigenvalue weighted by Crippen LogP contribution is -2.67. The molecule has 2 aliphatic heterocycles. The maximum absolute atomic E-state index is 12.0. The Balaban J connectivity index is 1.82. The van der Waals surface area contributed by atoms with Gasteiger partial charge >= 0.3 is 23.9 Å². The van der Waals surface area contributed by atoms with Crippen molar-refractivity contribution in [1.82, 2.24) is 15.5 Å². The molecule has 0 aromatic carbocycles. The topological polar surface area (TPSA) is 142 Å². The smallest absolute Gasteiger partial charge is 0.303 e. The van der Waals surface area contributed by atoms with Gasteiger partial charge in [0.15, 0.2) is 29.7 Å². The number of esters is 4. The minimum absolute atomic E-state index is 0.132. The van der Waals surface area contributed by atoms with Crippen LogP contribution in [0.1, 0.15) is 66.2 Å². The van der Waals surface area contributed by atoms with Crippen molar-refractivity contribution >= 4 is 41.2 Å². The summed E-state index contributed by atoms with van der Waals surface area (Å²) in [7, 11) is 0. The molecule has 3 rings (SSSR count). The molecule has 0 spiro atoms. The highest BCUT2D eigenvalue weighted by atomic mass is 32.1. The predicted octanol–water partition coefficient (Wildman–Crippen LogP) is 0.941. The van der Waals surface area contributed by atoms with Crippen molar-refractivity contribution in [1.29, 1.82) is 0 Å². The molecule has 2 heterocycles. The third-order valence-electron chi connectivity index (χ3n) is 6.92.